The van der Waals surface area contributed by atoms with Crippen LogP contribution in [0, 0.1) is 17.2 Å². The first kappa shape index (κ1) is 38.3. The van der Waals surface area contributed by atoms with Gasteiger partial charge in [-0.1, -0.05) is 50.6 Å². The first-order chi connectivity index (χ1) is 25.8. The highest BCUT2D eigenvalue weighted by Crippen LogP contribution is 2.50. The van der Waals surface area contributed by atoms with Crippen LogP contribution in [-0.2, 0) is 15.1 Å². The number of rotatable bonds is 11. The first-order valence-corrected chi connectivity index (χ1v) is 17.9. The zero-order chi connectivity index (χ0) is 39.7. The topological polar surface area (TPSA) is 142 Å². The molecule has 3 atom stereocenters. The second-order valence-electron chi connectivity index (χ2n) is 15.5. The fourth-order valence-electron chi connectivity index (χ4n) is 7.25. The number of nitrogens with one attached hydrogen (secondary N) is 1. The molecular weight excluding hydrogens is 754 g/mol. The molecule has 1 unspecified atom stereocenters. The number of hydrogen-bond acceptors (Lipinski definition) is 8. The smallest absolute Gasteiger partial charge is 0.411 e. The molecule has 292 valence electrons. The Bertz CT molecular complexity index is 2170. The van der Waals surface area contributed by atoms with Gasteiger partial charge >= 0.3 is 12.3 Å². The molecule has 11 nitrogen and oxygen atoms in total. The lowest BCUT2D eigenvalue weighted by Crippen LogP contribution is -2.48. The molecule has 3 N–H and O–H groups in total. The highest BCUT2D eigenvalue weighted by Gasteiger charge is 2.65. The predicted molar refractivity (Wildman–Crippen MR) is 188 cm³/mol. The van der Waals surface area contributed by atoms with Gasteiger partial charge in [-0.15, -0.1) is 0 Å². The number of alkyl carbamates (subject to hydrolysis) is 1. The van der Waals surface area contributed by atoms with E-state index in [1.54, 1.807) is 12.1 Å². The maximum absolute atomic E-state index is 16.5. The Morgan fingerprint density at radius 2 is 1.84 bits per heavy atom. The van der Waals surface area contributed by atoms with Crippen LogP contribution < -0.4 is 11.1 Å². The molecule has 0 radical (unpaired) electrons. The average molecular weight is 791 g/mol. The zero-order valence-corrected chi connectivity index (χ0v) is 30.6. The number of ketones is 1. The summed E-state index contributed by atoms with van der Waals surface area (Å²) < 4.78 is 93.2. The van der Waals surface area contributed by atoms with Gasteiger partial charge in [0, 0.05) is 23.2 Å². The Kier molecular flexibility index (Phi) is 9.53. The predicted octanol–water partition coefficient (Wildman–Crippen LogP) is 7.99. The van der Waals surface area contributed by atoms with Crippen LogP contribution in [0.1, 0.15) is 88.2 Å². The van der Waals surface area contributed by atoms with E-state index in [1.807, 2.05) is 37.0 Å². The van der Waals surface area contributed by atoms with Crippen LogP contribution in [0.25, 0.3) is 16.9 Å². The minimum absolute atomic E-state index is 0.0205. The Labute approximate surface area is 316 Å². The van der Waals surface area contributed by atoms with Crippen LogP contribution in [-0.4, -0.2) is 60.6 Å². The van der Waals surface area contributed by atoms with Crippen LogP contribution in [0.2, 0.25) is 5.02 Å². The number of nitrogens with zero attached hydrogens (tertiary/aromatic N) is 6. The van der Waals surface area contributed by atoms with Crippen molar-refractivity contribution in [3.05, 3.63) is 82.8 Å². The Morgan fingerprint density at radius 3 is 2.45 bits per heavy atom. The largest absolute Gasteiger partial charge is 0.449 e. The summed E-state index contributed by atoms with van der Waals surface area (Å²) >= 11 is 6.43. The number of benzene rings is 2. The van der Waals surface area contributed by atoms with E-state index >= 15 is 9.18 Å². The van der Waals surface area contributed by atoms with Crippen LogP contribution >= 0.6 is 11.6 Å². The lowest BCUT2D eigenvalue weighted by Gasteiger charge is -2.34. The molecule has 4 aromatic rings. The van der Waals surface area contributed by atoms with Crippen molar-refractivity contribution in [2.75, 3.05) is 6.61 Å². The molecular formula is C37H37ClF6N8O3. The lowest BCUT2D eigenvalue weighted by atomic mass is 9.70. The molecule has 2 aromatic heterocycles. The Morgan fingerprint density at radius 1 is 1.11 bits per heavy atom. The van der Waals surface area contributed by atoms with Crippen LogP contribution in [0.5, 0.6) is 0 Å². The number of aromatic nitrogens is 5. The summed E-state index contributed by atoms with van der Waals surface area (Å²) in [6, 6.07) is 10.5. The number of Topliss-reactive ketones (excluding diaryl/α,β-unsaturated/α-hetero) is 1. The number of carbonyl (C=O) groups excluding carboxylic acids is 2. The number of carbonyl (C=O) groups is 2. The second-order valence-corrected chi connectivity index (χ2v) is 15.9. The van der Waals surface area contributed by atoms with E-state index in [0.717, 1.165) is 23.9 Å². The van der Waals surface area contributed by atoms with E-state index in [1.165, 1.54) is 30.3 Å². The number of amides is 1. The molecule has 0 spiro atoms. The van der Waals surface area contributed by atoms with Crippen molar-refractivity contribution in [2.24, 2.45) is 22.1 Å². The Balaban J connectivity index is 1.28. The third-order valence-electron chi connectivity index (χ3n) is 10.2. The van der Waals surface area contributed by atoms with Crippen molar-refractivity contribution in [1.82, 2.24) is 29.9 Å². The molecule has 3 aliphatic rings. The summed E-state index contributed by atoms with van der Waals surface area (Å²) in [6.07, 6.45) is -5.17. The maximum Gasteiger partial charge on any atom is 0.411 e. The number of aliphatic imine (C=N–C) groups is 1. The van der Waals surface area contributed by atoms with Gasteiger partial charge in [-0.3, -0.25) is 14.5 Å². The van der Waals surface area contributed by atoms with Crippen molar-refractivity contribution in [3.8, 4) is 16.9 Å². The number of amidine groups is 1. The van der Waals surface area contributed by atoms with Gasteiger partial charge in [0.15, 0.2) is 11.6 Å². The van der Waals surface area contributed by atoms with Gasteiger partial charge in [-0.25, -0.2) is 27.6 Å². The molecule has 2 aromatic carbocycles. The summed E-state index contributed by atoms with van der Waals surface area (Å²) in [7, 11) is 0. The number of nitrogens with two attached hydrogens (primary N) is 1. The van der Waals surface area contributed by atoms with Gasteiger partial charge in [0.1, 0.15) is 35.7 Å². The summed E-state index contributed by atoms with van der Waals surface area (Å²) in [6.45, 7) is 4.78. The van der Waals surface area contributed by atoms with Gasteiger partial charge < -0.3 is 15.8 Å². The van der Waals surface area contributed by atoms with Crippen LogP contribution in [0.3, 0.4) is 0 Å². The summed E-state index contributed by atoms with van der Waals surface area (Å²) in [5, 5.41) is 10.3. The van der Waals surface area contributed by atoms with E-state index < -0.39 is 71.1 Å². The fourth-order valence-corrected chi connectivity index (χ4v) is 7.44. The molecule has 2 aliphatic carbocycles. The van der Waals surface area contributed by atoms with Gasteiger partial charge in [-0.2, -0.15) is 23.4 Å². The monoisotopic (exact) mass is 790 g/mol. The Hall–Kier alpha value is -4.93. The lowest BCUT2D eigenvalue weighted by molar-refractivity contribution is -0.164. The summed E-state index contributed by atoms with van der Waals surface area (Å²) in [5.74, 6) is -5.11. The van der Waals surface area contributed by atoms with Crippen molar-refractivity contribution in [3.63, 3.8) is 0 Å². The second kappa shape index (κ2) is 13.7. The quantitative estimate of drug-likeness (QED) is 0.147. The normalized spacial score (nSPS) is 21.5. The first-order valence-electron chi connectivity index (χ1n) is 17.6. The highest BCUT2D eigenvalue weighted by molar-refractivity contribution is 6.32. The van der Waals surface area contributed by atoms with E-state index in [0.29, 0.717) is 17.3 Å². The molecule has 55 heavy (non-hydrogen) atoms. The number of alkyl halides is 5. The number of ether oxygens (including phenoxy) is 1. The molecule has 1 aliphatic heterocycles. The van der Waals surface area contributed by atoms with Crippen molar-refractivity contribution >= 4 is 29.3 Å². The molecule has 18 heteroatoms. The number of hydrogen-bond donors (Lipinski definition) is 2. The average Bonchev–Trinajstić information content (AvgIpc) is 3.97. The maximum atomic E-state index is 16.5. The van der Waals surface area contributed by atoms with Crippen molar-refractivity contribution in [1.29, 1.82) is 0 Å². The minimum atomic E-state index is -4.74. The SMILES string of the molecule is CC(C)(C)C[C@]1(c2ccc(-c3ccn(C4CC4)n3)cc2F)N=C(N)C([C@H](COC(=O)NC2(C(F)(F)F)CC2)c2ccc(Cl)c(-n3ncnc3C(F)F)c2)C1=O. The third kappa shape index (κ3) is 7.30. The van der Waals surface area contributed by atoms with Crippen molar-refractivity contribution in [2.45, 2.75) is 88.5 Å². The van der Waals surface area contributed by atoms with Crippen LogP contribution in [0.15, 0.2) is 60.0 Å². The molecule has 2 saturated carbocycles. The standard InChI is InChI=1S/C37H37ClF6N8O3/c1-34(2,3)17-36(23-8-4-20(14-25(23)39)26-10-13-51(50-26)21-6-7-21)29(53)28(31(45)48-36)22(16-55-33(54)49-35(11-12-35)37(42,43)44)19-5-9-24(38)27(15-19)52-32(30(40)41)46-18-47-52/h4-5,8-10,13-15,18,21-22,28,30H,6-7,11-12,16-17H2,1-3H3,(H2,45,48)(H,49,54)/t22-,28?,36-/m1/s1. The zero-order valence-electron chi connectivity index (χ0n) is 29.9. The molecule has 0 saturated heterocycles. The van der Waals surface area contributed by atoms with Gasteiger partial charge in [-0.05, 0) is 67.3 Å². The van der Waals surface area contributed by atoms with E-state index in [9.17, 15) is 26.7 Å². The molecule has 3 heterocycles. The van der Waals surface area contributed by atoms with E-state index in [-0.39, 0.29) is 46.9 Å². The number of halogens is 7. The summed E-state index contributed by atoms with van der Waals surface area (Å²) in [4.78, 5) is 36.2. The van der Waals surface area contributed by atoms with Gasteiger partial charge in [0.25, 0.3) is 6.43 Å². The molecule has 1 amide bonds. The third-order valence-corrected chi connectivity index (χ3v) is 10.5. The molecule has 7 rings (SSSR count). The van der Waals surface area contributed by atoms with Crippen LogP contribution in [0.4, 0.5) is 31.1 Å². The van der Waals surface area contributed by atoms with Crippen molar-refractivity contribution < 1.29 is 40.7 Å². The van der Waals surface area contributed by atoms with E-state index in [4.69, 9.17) is 22.1 Å². The fraction of sp³-hybridized carbons (Fsp3) is 0.459. The van der Waals surface area contributed by atoms with Gasteiger partial charge in [0.2, 0.25) is 0 Å². The highest BCUT2D eigenvalue weighted by atomic mass is 35.5. The summed E-state index contributed by atoms with van der Waals surface area (Å²) in [5.41, 5.74) is 2.63. The molecule has 2 fully saturated rings. The van der Waals surface area contributed by atoms with Gasteiger partial charge in [0.05, 0.1) is 28.4 Å². The minimum Gasteiger partial charge on any atom is -0.449 e. The van der Waals surface area contributed by atoms with E-state index in [2.05, 4.69) is 20.2 Å². The molecule has 0 bridgehead atoms.